The van der Waals surface area contributed by atoms with Crippen LogP contribution in [-0.2, 0) is 9.59 Å². The third-order valence-corrected chi connectivity index (χ3v) is 12.9. The fourth-order valence-corrected chi connectivity index (χ4v) is 9.62. The lowest BCUT2D eigenvalue weighted by molar-refractivity contribution is -0.136. The zero-order chi connectivity index (χ0) is 40.2. The van der Waals surface area contributed by atoms with Crippen molar-refractivity contribution in [3.05, 3.63) is 90.3 Å². The largest absolute Gasteiger partial charge is 0.457 e. The lowest BCUT2D eigenvalue weighted by Gasteiger charge is -2.49. The molecule has 1 saturated carbocycles. The molecule has 6 heterocycles. The zero-order valence-corrected chi connectivity index (χ0v) is 32.7. The molecule has 0 bridgehead atoms. The number of hydrogen-bond donors (Lipinski definition) is 2. The van der Waals surface area contributed by atoms with E-state index in [1.807, 2.05) is 60.7 Å². The average Bonchev–Trinajstić information content (AvgIpc) is 3.75. The molecule has 3 aromatic carbocycles. The van der Waals surface area contributed by atoms with Crippen molar-refractivity contribution in [2.45, 2.75) is 56.7 Å². The number of nitrogens with two attached hydrogens (primary N) is 1. The summed E-state index contributed by atoms with van der Waals surface area (Å²) < 4.78 is 8.09. The molecule has 1 aliphatic carbocycles. The summed E-state index contributed by atoms with van der Waals surface area (Å²) in [6.45, 7) is 6.76. The normalized spacial score (nSPS) is 23.1. The maximum absolute atomic E-state index is 13.4. The molecule has 0 radical (unpaired) electrons. The van der Waals surface area contributed by atoms with Gasteiger partial charge in [-0.05, 0) is 92.6 Å². The number of amides is 4. The fourth-order valence-electron chi connectivity index (χ4n) is 9.62. The highest BCUT2D eigenvalue weighted by molar-refractivity contribution is 6.23. The van der Waals surface area contributed by atoms with Gasteiger partial charge in [0.1, 0.15) is 35.4 Å². The van der Waals surface area contributed by atoms with Crippen LogP contribution < -0.4 is 20.7 Å². The van der Waals surface area contributed by atoms with Crippen molar-refractivity contribution in [1.82, 2.24) is 39.8 Å². The minimum Gasteiger partial charge on any atom is -0.457 e. The van der Waals surface area contributed by atoms with E-state index in [2.05, 4.69) is 34.7 Å². The summed E-state index contributed by atoms with van der Waals surface area (Å²) in [4.78, 5) is 68.1. The molecule has 10 rings (SSSR count). The number of likely N-dealkylation sites (tertiary alicyclic amines) is 1. The predicted octanol–water partition coefficient (Wildman–Crippen LogP) is 4.51. The molecule has 5 aromatic rings. The number of benzene rings is 3. The lowest BCUT2D eigenvalue weighted by atomic mass is 9.85. The second-order valence-electron chi connectivity index (χ2n) is 16.4. The van der Waals surface area contributed by atoms with Crippen LogP contribution in [0.2, 0.25) is 0 Å². The number of rotatable bonds is 9. The molecule has 1 atom stereocenters. The molecule has 15 nitrogen and oxygen atoms in total. The van der Waals surface area contributed by atoms with E-state index in [0.29, 0.717) is 28.9 Å². The summed E-state index contributed by atoms with van der Waals surface area (Å²) in [5.41, 5.74) is 10.5. The van der Waals surface area contributed by atoms with Gasteiger partial charge >= 0.3 is 0 Å². The number of aromatic nitrogens is 4. The number of nitrogen functional groups attached to an aromatic ring is 1. The number of nitrogens with zero attached hydrogens (tertiary/aromatic N) is 8. The lowest BCUT2D eigenvalue weighted by Crippen LogP contribution is -2.63. The van der Waals surface area contributed by atoms with Gasteiger partial charge in [-0.25, -0.2) is 14.6 Å². The summed E-state index contributed by atoms with van der Waals surface area (Å²) in [6.07, 6.45) is 6.10. The first-order chi connectivity index (χ1) is 28.8. The van der Waals surface area contributed by atoms with E-state index < -0.39 is 23.8 Å². The van der Waals surface area contributed by atoms with E-state index in [1.165, 1.54) is 6.33 Å². The summed E-state index contributed by atoms with van der Waals surface area (Å²) in [5.74, 6) is 0.670. The number of anilines is 2. The zero-order valence-electron chi connectivity index (χ0n) is 32.7. The molecular weight excluding hydrogens is 749 g/mol. The van der Waals surface area contributed by atoms with Gasteiger partial charge in [0.05, 0.1) is 22.6 Å². The average molecular weight is 795 g/mol. The smallest absolute Gasteiger partial charge is 0.262 e. The van der Waals surface area contributed by atoms with Crippen LogP contribution >= 0.6 is 0 Å². The van der Waals surface area contributed by atoms with Gasteiger partial charge in [-0.15, -0.1) is 0 Å². The monoisotopic (exact) mass is 794 g/mol. The van der Waals surface area contributed by atoms with Crippen molar-refractivity contribution < 1.29 is 23.9 Å². The summed E-state index contributed by atoms with van der Waals surface area (Å²) in [7, 11) is 0. The minimum atomic E-state index is -0.964. The van der Waals surface area contributed by atoms with E-state index in [1.54, 1.807) is 12.1 Å². The van der Waals surface area contributed by atoms with Gasteiger partial charge in [0.2, 0.25) is 11.8 Å². The fraction of sp³-hybridized carbons (Fsp3) is 0.386. The summed E-state index contributed by atoms with van der Waals surface area (Å²) in [6, 6.07) is 22.8. The van der Waals surface area contributed by atoms with E-state index in [-0.39, 0.29) is 24.8 Å². The molecule has 3 saturated heterocycles. The van der Waals surface area contributed by atoms with E-state index >= 15 is 0 Å². The number of imide groups is 2. The van der Waals surface area contributed by atoms with Crippen molar-refractivity contribution in [3.8, 4) is 22.8 Å². The van der Waals surface area contributed by atoms with Crippen LogP contribution in [0.25, 0.3) is 22.3 Å². The Balaban J connectivity index is 0.708. The first-order valence-corrected chi connectivity index (χ1v) is 20.7. The van der Waals surface area contributed by atoms with Gasteiger partial charge in [0.15, 0.2) is 5.65 Å². The second-order valence-corrected chi connectivity index (χ2v) is 16.4. The SMILES string of the molecule is Nc1ncnc2c1c(-c1ccc(Oc3ccccc3)cc1)nn2C1CCC(CN2CC(N3CCN(c4ccc5c(c4)C(=O)N(C4CCC(=O)NC4=O)C5=O)CC3)C2)CC1. The number of piperazine rings is 1. The van der Waals surface area contributed by atoms with Crippen LogP contribution in [-0.4, -0.2) is 116 Å². The van der Waals surface area contributed by atoms with E-state index in [4.69, 9.17) is 15.6 Å². The number of hydrogen-bond acceptors (Lipinski definition) is 12. The van der Waals surface area contributed by atoms with Crippen molar-refractivity contribution in [2.75, 3.05) is 56.4 Å². The van der Waals surface area contributed by atoms with Gasteiger partial charge < -0.3 is 15.4 Å². The third kappa shape index (κ3) is 6.97. The quantitative estimate of drug-likeness (QED) is 0.201. The Morgan fingerprint density at radius 1 is 0.763 bits per heavy atom. The van der Waals surface area contributed by atoms with Gasteiger partial charge in [0, 0.05) is 69.5 Å². The number of para-hydroxylation sites is 1. The maximum atomic E-state index is 13.4. The number of carbonyl (C=O) groups excluding carboxylic acids is 4. The Bertz CT molecular complexity index is 2430. The molecule has 302 valence electrons. The van der Waals surface area contributed by atoms with Crippen molar-refractivity contribution in [1.29, 1.82) is 0 Å². The van der Waals surface area contributed by atoms with Gasteiger partial charge in [-0.1, -0.05) is 18.2 Å². The molecule has 5 aliphatic rings. The molecule has 2 aromatic heterocycles. The maximum Gasteiger partial charge on any atom is 0.262 e. The Morgan fingerprint density at radius 3 is 2.24 bits per heavy atom. The predicted molar refractivity (Wildman–Crippen MR) is 220 cm³/mol. The van der Waals surface area contributed by atoms with E-state index in [9.17, 15) is 19.2 Å². The van der Waals surface area contributed by atoms with Gasteiger partial charge in [-0.3, -0.25) is 39.2 Å². The number of nitrogens with one attached hydrogen (secondary N) is 1. The molecule has 4 aliphatic heterocycles. The van der Waals surface area contributed by atoms with Crippen LogP contribution in [0.5, 0.6) is 11.5 Å². The summed E-state index contributed by atoms with van der Waals surface area (Å²) >= 11 is 0. The molecule has 59 heavy (non-hydrogen) atoms. The Hall–Kier alpha value is -6.19. The molecule has 4 fully saturated rings. The van der Waals surface area contributed by atoms with Gasteiger partial charge in [0.25, 0.3) is 11.8 Å². The standard InChI is InChI=1S/C44H46N10O5/c45-40-38-39(28-8-13-33(14-9-28)59-32-4-2-1-3-5-32)49-54(41(38)47-26-46-40)29-10-6-27(7-11-29)23-50-24-31(25-50)52-20-18-51(19-21-52)30-12-15-34-35(22-30)44(58)53(43(34)57)36-16-17-37(55)48-42(36)56/h1-5,8-9,12-15,22,26-27,29,31,36H,6-7,10-11,16-21,23-25H2,(H2,45,46,47)(H,48,55,56). The molecular formula is C44H46N10O5. The topological polar surface area (TPSA) is 172 Å². The van der Waals surface area contributed by atoms with Crippen molar-refractivity contribution in [2.24, 2.45) is 5.92 Å². The number of ether oxygens (including phenoxy) is 1. The van der Waals surface area contributed by atoms with Crippen molar-refractivity contribution >= 4 is 46.2 Å². The Kier molecular flexibility index (Phi) is 9.56. The highest BCUT2D eigenvalue weighted by atomic mass is 16.5. The first kappa shape index (κ1) is 37.1. The second kappa shape index (κ2) is 15.2. The van der Waals surface area contributed by atoms with Crippen LogP contribution in [0, 0.1) is 5.92 Å². The highest BCUT2D eigenvalue weighted by Gasteiger charge is 2.45. The Morgan fingerprint density at radius 2 is 1.49 bits per heavy atom. The molecule has 15 heteroatoms. The van der Waals surface area contributed by atoms with Crippen LogP contribution in [0.15, 0.2) is 79.1 Å². The summed E-state index contributed by atoms with van der Waals surface area (Å²) in [5, 5.41) is 8.17. The minimum absolute atomic E-state index is 0.0995. The molecule has 1 unspecified atom stereocenters. The number of piperidine rings is 1. The highest BCUT2D eigenvalue weighted by Crippen LogP contribution is 2.39. The number of fused-ring (bicyclic) bond motifs is 2. The first-order valence-electron chi connectivity index (χ1n) is 20.7. The van der Waals surface area contributed by atoms with Crippen molar-refractivity contribution in [3.63, 3.8) is 0 Å². The Labute approximate surface area is 341 Å². The number of carbonyl (C=O) groups is 4. The molecule has 0 spiro atoms. The third-order valence-electron chi connectivity index (χ3n) is 12.9. The van der Waals surface area contributed by atoms with Crippen LogP contribution in [0.3, 0.4) is 0 Å². The van der Waals surface area contributed by atoms with Crippen LogP contribution in [0.4, 0.5) is 11.5 Å². The van der Waals surface area contributed by atoms with E-state index in [0.717, 1.165) is 116 Å². The van der Waals surface area contributed by atoms with Crippen LogP contribution in [0.1, 0.15) is 65.3 Å². The molecule has 3 N–H and O–H groups in total. The molecule has 4 amide bonds. The van der Waals surface area contributed by atoms with Gasteiger partial charge in [-0.2, -0.15) is 5.10 Å².